The maximum atomic E-state index is 11.8. The number of barbiturate groups is 1. The third-order valence-electron chi connectivity index (χ3n) is 3.61. The number of nitrogens with one attached hydrogen (secondary N) is 6. The molecule has 2 heterocycles. The first-order chi connectivity index (χ1) is 11.6. The number of rotatable bonds is 3. The fourth-order valence-corrected chi connectivity index (χ4v) is 2.41. The van der Waals surface area contributed by atoms with Gasteiger partial charge in [-0.25, -0.2) is 26.5 Å². The van der Waals surface area contributed by atoms with Crippen LogP contribution in [0, 0.1) is 5.92 Å². The van der Waals surface area contributed by atoms with Gasteiger partial charge in [-0.05, 0) is 17.7 Å². The number of hydrazine groups is 3. The molecule has 0 aliphatic carbocycles. The number of carbonyl (C=O) groups excluding carboxylic acids is 3. The Morgan fingerprint density at radius 2 is 1.79 bits per heavy atom. The molecule has 3 rings (SSSR count). The number of carbonyl (C=O) groups is 3. The molecule has 24 heavy (non-hydrogen) atoms. The number of benzene rings is 1. The number of aliphatic imine (C=N–C) groups is 1. The molecule has 2 saturated heterocycles. The lowest BCUT2D eigenvalue weighted by molar-refractivity contribution is -0.132. The van der Waals surface area contributed by atoms with Gasteiger partial charge < -0.3 is 5.43 Å². The second kappa shape index (κ2) is 6.72. The highest BCUT2D eigenvalue weighted by Crippen LogP contribution is 2.19. The third-order valence-corrected chi connectivity index (χ3v) is 3.61. The number of hydrogen-bond acceptors (Lipinski definition) is 8. The minimum Gasteiger partial charge on any atom is -0.311 e. The molecule has 1 unspecified atom stereocenters. The summed E-state index contributed by atoms with van der Waals surface area (Å²) in [5, 5.41) is 4.00. The third kappa shape index (κ3) is 3.23. The van der Waals surface area contributed by atoms with Gasteiger partial charge >= 0.3 is 6.03 Å². The van der Waals surface area contributed by atoms with E-state index in [4.69, 9.17) is 5.84 Å². The minimum atomic E-state index is -1.32. The first kappa shape index (κ1) is 16.0. The average Bonchev–Trinajstić information content (AvgIpc) is 3.08. The van der Waals surface area contributed by atoms with Crippen LogP contribution < -0.4 is 38.3 Å². The molecular formula is C13H16N8O3. The van der Waals surface area contributed by atoms with Gasteiger partial charge in [0.1, 0.15) is 5.84 Å². The fourth-order valence-electron chi connectivity index (χ4n) is 2.41. The van der Waals surface area contributed by atoms with Crippen LogP contribution in [0.3, 0.4) is 0 Å². The topological polar surface area (TPSA) is 162 Å². The number of imide groups is 2. The maximum Gasteiger partial charge on any atom is 0.328 e. The van der Waals surface area contributed by atoms with Crippen molar-refractivity contribution in [3.63, 3.8) is 0 Å². The van der Waals surface area contributed by atoms with Crippen LogP contribution in [0.5, 0.6) is 0 Å². The van der Waals surface area contributed by atoms with Gasteiger partial charge in [-0.3, -0.25) is 20.2 Å². The van der Waals surface area contributed by atoms with Crippen LogP contribution in [0.1, 0.15) is 11.6 Å². The van der Waals surface area contributed by atoms with Crippen molar-refractivity contribution < 1.29 is 14.4 Å². The Kier molecular flexibility index (Phi) is 4.48. The van der Waals surface area contributed by atoms with E-state index < -0.39 is 23.8 Å². The zero-order valence-electron chi connectivity index (χ0n) is 12.4. The summed E-state index contributed by atoms with van der Waals surface area (Å²) < 4.78 is 0. The Bertz CT molecular complexity index is 676. The van der Waals surface area contributed by atoms with E-state index in [9.17, 15) is 14.4 Å². The van der Waals surface area contributed by atoms with E-state index in [1.165, 1.54) is 0 Å². The van der Waals surface area contributed by atoms with Crippen LogP contribution in [-0.2, 0) is 9.59 Å². The van der Waals surface area contributed by atoms with Gasteiger partial charge in [-0.15, -0.1) is 0 Å². The zero-order chi connectivity index (χ0) is 17.1. The van der Waals surface area contributed by atoms with Gasteiger partial charge in [-0.1, -0.05) is 12.1 Å². The molecule has 1 aromatic carbocycles. The summed E-state index contributed by atoms with van der Waals surface area (Å²) in [5.41, 5.74) is 12.6. The number of urea groups is 1. The summed E-state index contributed by atoms with van der Waals surface area (Å²) in [6, 6.07) is 6.45. The van der Waals surface area contributed by atoms with E-state index >= 15 is 0 Å². The number of amidine groups is 1. The molecule has 8 N–H and O–H groups in total. The van der Waals surface area contributed by atoms with E-state index in [2.05, 4.69) is 26.8 Å². The first-order valence-electron chi connectivity index (χ1n) is 7.12. The summed E-state index contributed by atoms with van der Waals surface area (Å²) in [6.45, 7) is 0.731. The van der Waals surface area contributed by atoms with Gasteiger partial charge in [-0.2, -0.15) is 5.53 Å². The smallest absolute Gasteiger partial charge is 0.311 e. The van der Waals surface area contributed by atoms with Gasteiger partial charge in [0.15, 0.2) is 5.92 Å². The molecule has 11 nitrogen and oxygen atoms in total. The van der Waals surface area contributed by atoms with E-state index in [-0.39, 0.29) is 11.9 Å². The molecule has 0 bridgehead atoms. The highest BCUT2D eigenvalue weighted by Gasteiger charge is 2.38. The molecule has 2 aliphatic heterocycles. The Morgan fingerprint density at radius 3 is 2.33 bits per heavy atom. The lowest BCUT2D eigenvalue weighted by Gasteiger charge is -2.21. The predicted molar refractivity (Wildman–Crippen MR) is 83.0 cm³/mol. The molecule has 0 saturated carbocycles. The molecule has 0 radical (unpaired) electrons. The fraction of sp³-hybridized carbons (Fsp3) is 0.231. The van der Waals surface area contributed by atoms with Gasteiger partial charge in [0.2, 0.25) is 11.8 Å². The van der Waals surface area contributed by atoms with Crippen LogP contribution in [0.4, 0.5) is 10.5 Å². The Morgan fingerprint density at radius 1 is 1.12 bits per heavy atom. The Labute approximate surface area is 136 Å². The predicted octanol–water partition coefficient (Wildman–Crippen LogP) is -2.18. The van der Waals surface area contributed by atoms with Crippen molar-refractivity contribution in [3.8, 4) is 0 Å². The maximum absolute atomic E-state index is 11.8. The SMILES string of the molecule is NNC(=Nc1ccc(C2CNNN2)cc1)C1C(=O)NC(=O)NC1=O. The molecule has 11 heteroatoms. The molecule has 1 aromatic rings. The molecular weight excluding hydrogens is 316 g/mol. The van der Waals surface area contributed by atoms with Crippen LogP contribution in [0.2, 0.25) is 0 Å². The van der Waals surface area contributed by atoms with Gasteiger partial charge in [0.25, 0.3) is 0 Å². The lowest BCUT2D eigenvalue weighted by Crippen LogP contribution is -2.60. The van der Waals surface area contributed by atoms with Crippen LogP contribution >= 0.6 is 0 Å². The van der Waals surface area contributed by atoms with Gasteiger partial charge in [0, 0.05) is 6.54 Å². The first-order valence-corrected chi connectivity index (χ1v) is 7.12. The molecule has 126 valence electrons. The summed E-state index contributed by atoms with van der Waals surface area (Å²) in [4.78, 5) is 39.0. The number of amides is 4. The zero-order valence-corrected chi connectivity index (χ0v) is 12.4. The Hall–Kier alpha value is -2.86. The van der Waals surface area contributed by atoms with Crippen molar-refractivity contribution in [3.05, 3.63) is 29.8 Å². The molecule has 4 amide bonds. The van der Waals surface area contributed by atoms with Crippen molar-refractivity contribution in [2.24, 2.45) is 16.8 Å². The highest BCUT2D eigenvalue weighted by atomic mass is 16.2. The minimum absolute atomic E-state index is 0.0624. The molecule has 1 atom stereocenters. The van der Waals surface area contributed by atoms with Crippen molar-refractivity contribution in [2.45, 2.75) is 6.04 Å². The standard InChI is InChI=1S/C13H16N8O3/c14-19-10(9-11(22)17-13(24)18-12(9)23)16-7-3-1-6(2-4-7)8-5-15-21-20-8/h1-4,8-9,15,20-21H,5,14H2,(H,16,19)(H2,17,18,22,23,24). The normalized spacial score (nSPS) is 22.3. The highest BCUT2D eigenvalue weighted by molar-refractivity contribution is 6.27. The summed E-state index contributed by atoms with van der Waals surface area (Å²) >= 11 is 0. The summed E-state index contributed by atoms with van der Waals surface area (Å²) in [6.07, 6.45) is 0. The quantitative estimate of drug-likeness (QED) is 0.108. The van der Waals surface area contributed by atoms with E-state index in [0.717, 1.165) is 12.1 Å². The second-order valence-electron chi connectivity index (χ2n) is 5.18. The molecule has 2 fully saturated rings. The number of nitrogens with two attached hydrogens (primary N) is 1. The van der Waals surface area contributed by atoms with E-state index in [1.54, 1.807) is 12.1 Å². The molecule has 0 spiro atoms. The van der Waals surface area contributed by atoms with Crippen LogP contribution in [0.25, 0.3) is 0 Å². The average molecular weight is 332 g/mol. The monoisotopic (exact) mass is 332 g/mol. The molecule has 0 aromatic heterocycles. The van der Waals surface area contributed by atoms with Crippen molar-refractivity contribution in [1.29, 1.82) is 0 Å². The second-order valence-corrected chi connectivity index (χ2v) is 5.18. The summed E-state index contributed by atoms with van der Waals surface area (Å²) in [5.74, 6) is 2.43. The van der Waals surface area contributed by atoms with Crippen molar-refractivity contribution in [2.75, 3.05) is 6.54 Å². The van der Waals surface area contributed by atoms with Gasteiger partial charge in [0.05, 0.1) is 11.7 Å². The van der Waals surface area contributed by atoms with Crippen molar-refractivity contribution >= 4 is 29.4 Å². The van der Waals surface area contributed by atoms with Crippen molar-refractivity contribution in [1.82, 2.24) is 32.4 Å². The number of nitrogens with zero attached hydrogens (tertiary/aromatic N) is 1. The Balaban J connectivity index is 1.80. The van der Waals surface area contributed by atoms with Crippen LogP contribution in [0.15, 0.2) is 29.3 Å². The van der Waals surface area contributed by atoms with E-state index in [1.807, 2.05) is 22.8 Å². The molecule has 2 aliphatic rings. The lowest BCUT2D eigenvalue weighted by atomic mass is 10.0. The number of hydrogen-bond donors (Lipinski definition) is 7. The summed E-state index contributed by atoms with van der Waals surface area (Å²) in [7, 11) is 0. The van der Waals surface area contributed by atoms with Crippen LogP contribution in [-0.4, -0.2) is 30.2 Å². The van der Waals surface area contributed by atoms with E-state index in [0.29, 0.717) is 5.69 Å². The largest absolute Gasteiger partial charge is 0.328 e.